The van der Waals surface area contributed by atoms with E-state index in [-0.39, 0.29) is 23.0 Å². The van der Waals surface area contributed by atoms with E-state index in [1.54, 1.807) is 12.1 Å². The van der Waals surface area contributed by atoms with Gasteiger partial charge in [-0.25, -0.2) is 4.39 Å². The molecule has 1 aromatic heterocycles. The largest absolute Gasteiger partial charge is 0.340 e. The van der Waals surface area contributed by atoms with Crippen molar-refractivity contribution in [1.82, 2.24) is 9.47 Å². The number of fused-ring (bicyclic) bond motifs is 1. The Hall–Kier alpha value is -2.86. The molecule has 4 rings (SSSR count). The topological polar surface area (TPSA) is 42.3 Å². The van der Waals surface area contributed by atoms with Crippen LogP contribution in [0.2, 0.25) is 0 Å². The fourth-order valence-corrected chi connectivity index (χ4v) is 4.73. The zero-order valence-electron chi connectivity index (χ0n) is 17.2. The number of amides is 2. The minimum Gasteiger partial charge on any atom is -0.340 e. The maximum atomic E-state index is 14.3. The summed E-state index contributed by atoms with van der Waals surface area (Å²) in [6.45, 7) is 6.19. The molecule has 0 bridgehead atoms. The van der Waals surface area contributed by atoms with Crippen molar-refractivity contribution in [2.24, 2.45) is 0 Å². The number of hydrogen-bond donors (Lipinski definition) is 0. The summed E-state index contributed by atoms with van der Waals surface area (Å²) < 4.78 is 16.3. The molecule has 1 atom stereocenters. The monoisotopic (exact) mass is 422 g/mol. The first-order valence-electron chi connectivity index (χ1n) is 10.0. The SMILES string of the molecule is CC[C@H](C)N1C(=O)S/C(=C/c2c(C)n(Cc3ccccc3F)c3ccccc23)C1=O. The molecule has 2 aromatic carbocycles. The fourth-order valence-electron chi connectivity index (χ4n) is 3.81. The van der Waals surface area contributed by atoms with Crippen LogP contribution in [0.3, 0.4) is 0 Å². The van der Waals surface area contributed by atoms with Gasteiger partial charge >= 0.3 is 0 Å². The summed E-state index contributed by atoms with van der Waals surface area (Å²) in [5.41, 5.74) is 3.38. The summed E-state index contributed by atoms with van der Waals surface area (Å²) in [6.07, 6.45) is 2.52. The molecule has 154 valence electrons. The van der Waals surface area contributed by atoms with Gasteiger partial charge in [-0.2, -0.15) is 0 Å². The lowest BCUT2D eigenvalue weighted by atomic mass is 10.1. The Bertz CT molecular complexity index is 1180. The second-order valence-electron chi connectivity index (χ2n) is 7.50. The lowest BCUT2D eigenvalue weighted by molar-refractivity contribution is -0.124. The molecule has 1 saturated heterocycles. The van der Waals surface area contributed by atoms with Crippen molar-refractivity contribution in [1.29, 1.82) is 0 Å². The minimum atomic E-state index is -0.246. The third-order valence-corrected chi connectivity index (χ3v) is 6.58. The number of thioether (sulfide) groups is 1. The van der Waals surface area contributed by atoms with Gasteiger partial charge in [-0.1, -0.05) is 43.3 Å². The van der Waals surface area contributed by atoms with Crippen molar-refractivity contribution in [3.8, 4) is 0 Å². The molecular weight excluding hydrogens is 399 g/mol. The number of aromatic nitrogens is 1. The first-order valence-corrected chi connectivity index (χ1v) is 10.8. The van der Waals surface area contributed by atoms with Crippen LogP contribution in [-0.4, -0.2) is 26.7 Å². The van der Waals surface area contributed by atoms with Crippen LogP contribution in [0.5, 0.6) is 0 Å². The molecule has 3 aromatic rings. The van der Waals surface area contributed by atoms with Crippen molar-refractivity contribution < 1.29 is 14.0 Å². The van der Waals surface area contributed by atoms with Crippen LogP contribution in [-0.2, 0) is 11.3 Å². The Kier molecular flexibility index (Phi) is 5.52. The lowest BCUT2D eigenvalue weighted by Gasteiger charge is -2.19. The number of nitrogens with zero attached hydrogens (tertiary/aromatic N) is 2. The zero-order chi connectivity index (χ0) is 21.4. The summed E-state index contributed by atoms with van der Waals surface area (Å²) in [5, 5.41) is 0.745. The third-order valence-electron chi connectivity index (χ3n) is 5.70. The van der Waals surface area contributed by atoms with Crippen LogP contribution in [0.25, 0.3) is 17.0 Å². The molecule has 0 unspecified atom stereocenters. The number of carbonyl (C=O) groups excluding carboxylic acids is 2. The minimum absolute atomic E-state index is 0.133. The predicted octanol–water partition coefficient (Wildman–Crippen LogP) is 5.97. The van der Waals surface area contributed by atoms with E-state index in [9.17, 15) is 14.0 Å². The number of halogens is 1. The Morgan fingerprint density at radius 1 is 1.10 bits per heavy atom. The van der Waals surface area contributed by atoms with E-state index in [1.165, 1.54) is 11.0 Å². The highest BCUT2D eigenvalue weighted by Gasteiger charge is 2.37. The molecule has 30 heavy (non-hydrogen) atoms. The van der Waals surface area contributed by atoms with Gasteiger partial charge in [0.05, 0.1) is 11.4 Å². The van der Waals surface area contributed by atoms with E-state index >= 15 is 0 Å². The standard InChI is InChI=1S/C24H23FN2O2S/c1-4-15(2)27-23(28)22(30-24(27)29)13-19-16(3)26(21-12-8-6-10-18(19)21)14-17-9-5-7-11-20(17)25/h5-13,15H,4,14H2,1-3H3/b22-13+/t15-/m0/s1. The average Bonchev–Trinajstić information content (AvgIpc) is 3.17. The molecule has 0 radical (unpaired) electrons. The van der Waals surface area contributed by atoms with Crippen LogP contribution in [0.15, 0.2) is 53.4 Å². The molecule has 2 heterocycles. The van der Waals surface area contributed by atoms with E-state index in [1.807, 2.05) is 57.2 Å². The number of para-hydroxylation sites is 1. The smallest absolute Gasteiger partial charge is 0.293 e. The van der Waals surface area contributed by atoms with E-state index in [2.05, 4.69) is 4.57 Å². The molecule has 6 heteroatoms. The van der Waals surface area contributed by atoms with Gasteiger partial charge in [0.15, 0.2) is 0 Å². The summed E-state index contributed by atoms with van der Waals surface area (Å²) in [7, 11) is 0. The molecule has 0 aliphatic carbocycles. The molecule has 0 N–H and O–H groups in total. The molecule has 2 amide bonds. The Labute approximate surface area is 179 Å². The molecule has 0 spiro atoms. The molecule has 0 saturated carbocycles. The van der Waals surface area contributed by atoms with Gasteiger partial charge in [-0.15, -0.1) is 0 Å². The van der Waals surface area contributed by atoms with Crippen LogP contribution >= 0.6 is 11.8 Å². The number of carbonyl (C=O) groups is 2. The molecule has 1 aliphatic heterocycles. The molecule has 1 fully saturated rings. The summed E-state index contributed by atoms with van der Waals surface area (Å²) in [5.74, 6) is -0.490. The fraction of sp³-hybridized carbons (Fsp3) is 0.250. The molecule has 4 nitrogen and oxygen atoms in total. The van der Waals surface area contributed by atoms with Gasteiger partial charge in [-0.3, -0.25) is 14.5 Å². The van der Waals surface area contributed by atoms with Crippen LogP contribution in [0.4, 0.5) is 9.18 Å². The van der Waals surface area contributed by atoms with Crippen molar-refractivity contribution in [2.75, 3.05) is 0 Å². The highest BCUT2D eigenvalue weighted by Crippen LogP contribution is 2.37. The number of rotatable bonds is 5. The maximum absolute atomic E-state index is 14.3. The molecular formula is C24H23FN2O2S. The van der Waals surface area contributed by atoms with Gasteiger partial charge in [0.1, 0.15) is 5.82 Å². The van der Waals surface area contributed by atoms with E-state index < -0.39 is 0 Å². The summed E-state index contributed by atoms with van der Waals surface area (Å²) >= 11 is 0.983. The van der Waals surface area contributed by atoms with Crippen molar-refractivity contribution in [2.45, 2.75) is 39.8 Å². The first kappa shape index (κ1) is 20.4. The summed E-state index contributed by atoms with van der Waals surface area (Å²) in [4.78, 5) is 27.0. The van der Waals surface area contributed by atoms with Crippen molar-refractivity contribution in [3.63, 3.8) is 0 Å². The lowest BCUT2D eigenvalue weighted by Crippen LogP contribution is -2.36. The van der Waals surface area contributed by atoms with Crippen molar-refractivity contribution >= 4 is 39.9 Å². The number of hydrogen-bond acceptors (Lipinski definition) is 3. The summed E-state index contributed by atoms with van der Waals surface area (Å²) in [6, 6.07) is 14.5. The van der Waals surface area contributed by atoms with Gasteiger partial charge in [0.25, 0.3) is 11.1 Å². The third kappa shape index (κ3) is 3.45. The predicted molar refractivity (Wildman–Crippen MR) is 120 cm³/mol. The second-order valence-corrected chi connectivity index (χ2v) is 8.50. The van der Waals surface area contributed by atoms with E-state index in [0.29, 0.717) is 23.4 Å². The van der Waals surface area contributed by atoms with Gasteiger partial charge in [0.2, 0.25) is 0 Å². The Morgan fingerprint density at radius 3 is 2.53 bits per heavy atom. The van der Waals surface area contributed by atoms with Crippen LogP contribution in [0, 0.1) is 12.7 Å². The van der Waals surface area contributed by atoms with Gasteiger partial charge in [0, 0.05) is 33.8 Å². The Balaban J connectivity index is 1.80. The zero-order valence-corrected chi connectivity index (χ0v) is 18.0. The van der Waals surface area contributed by atoms with E-state index in [4.69, 9.17) is 0 Å². The highest BCUT2D eigenvalue weighted by molar-refractivity contribution is 8.18. The quantitative estimate of drug-likeness (QED) is 0.476. The van der Waals surface area contributed by atoms with Gasteiger partial charge in [-0.05, 0) is 50.2 Å². The highest BCUT2D eigenvalue weighted by atomic mass is 32.2. The van der Waals surface area contributed by atoms with Gasteiger partial charge < -0.3 is 4.57 Å². The second kappa shape index (κ2) is 8.11. The van der Waals surface area contributed by atoms with Crippen LogP contribution in [0.1, 0.15) is 37.1 Å². The van der Waals surface area contributed by atoms with E-state index in [0.717, 1.165) is 33.9 Å². The first-order chi connectivity index (χ1) is 14.4. The number of benzene rings is 2. The average molecular weight is 423 g/mol. The molecule has 1 aliphatic rings. The maximum Gasteiger partial charge on any atom is 0.293 e. The number of imide groups is 1. The van der Waals surface area contributed by atoms with Crippen LogP contribution < -0.4 is 0 Å². The Morgan fingerprint density at radius 2 is 1.80 bits per heavy atom. The normalized spacial score (nSPS) is 16.8. The van der Waals surface area contributed by atoms with Crippen molar-refractivity contribution in [3.05, 3.63) is 76.1 Å².